The average Bonchev–Trinajstić information content (AvgIpc) is 2.34. The summed E-state index contributed by atoms with van der Waals surface area (Å²) in [4.78, 5) is 15.7. The maximum absolute atomic E-state index is 11.7. The molecule has 0 saturated carbocycles. The van der Waals surface area contributed by atoms with Gasteiger partial charge in [0.25, 0.3) is 0 Å². The summed E-state index contributed by atoms with van der Waals surface area (Å²) in [7, 11) is 0. The Morgan fingerprint density at radius 1 is 1.37 bits per heavy atom. The first-order chi connectivity index (χ1) is 8.72. The van der Waals surface area contributed by atoms with Gasteiger partial charge < -0.3 is 10.0 Å². The lowest BCUT2D eigenvalue weighted by Crippen LogP contribution is -2.55. The van der Waals surface area contributed by atoms with Gasteiger partial charge in [-0.2, -0.15) is 0 Å². The highest BCUT2D eigenvalue weighted by Gasteiger charge is 2.37. The molecule has 0 bridgehead atoms. The Morgan fingerprint density at radius 2 is 1.89 bits per heavy atom. The van der Waals surface area contributed by atoms with Gasteiger partial charge in [0.2, 0.25) is 5.91 Å². The number of rotatable bonds is 4. The van der Waals surface area contributed by atoms with Crippen molar-refractivity contribution in [2.75, 3.05) is 32.1 Å². The van der Waals surface area contributed by atoms with E-state index in [0.29, 0.717) is 25.9 Å². The first-order valence-corrected chi connectivity index (χ1v) is 7.56. The van der Waals surface area contributed by atoms with Crippen LogP contribution in [0.1, 0.15) is 40.5 Å². The van der Waals surface area contributed by atoms with Crippen LogP contribution < -0.4 is 0 Å². The van der Waals surface area contributed by atoms with E-state index in [9.17, 15) is 9.90 Å². The van der Waals surface area contributed by atoms with Gasteiger partial charge >= 0.3 is 0 Å². The van der Waals surface area contributed by atoms with Crippen LogP contribution in [0.4, 0.5) is 0 Å². The molecule has 1 N–H and O–H groups in total. The molecule has 1 heterocycles. The second kappa shape index (κ2) is 6.42. The van der Waals surface area contributed by atoms with Crippen molar-refractivity contribution in [3.63, 3.8) is 0 Å². The van der Waals surface area contributed by atoms with Crippen molar-refractivity contribution in [2.45, 2.75) is 51.7 Å². The summed E-state index contributed by atoms with van der Waals surface area (Å²) >= 11 is 5.59. The van der Waals surface area contributed by atoms with Gasteiger partial charge in [-0.25, -0.2) is 0 Å². The minimum atomic E-state index is -0.764. The molecule has 1 saturated heterocycles. The normalized spacial score (nSPS) is 20.3. The molecule has 1 fully saturated rings. The Balaban J connectivity index is 2.58. The van der Waals surface area contributed by atoms with Gasteiger partial charge in [0.15, 0.2) is 0 Å². The topological polar surface area (TPSA) is 43.8 Å². The second-order valence-corrected chi connectivity index (χ2v) is 6.69. The Hall–Kier alpha value is -0.320. The van der Waals surface area contributed by atoms with Crippen molar-refractivity contribution < 1.29 is 9.90 Å². The predicted octanol–water partition coefficient (Wildman–Crippen LogP) is 1.70. The monoisotopic (exact) mass is 290 g/mol. The molecule has 0 aliphatic carbocycles. The highest BCUT2D eigenvalue weighted by atomic mass is 35.5. The lowest BCUT2D eigenvalue weighted by molar-refractivity contribution is -0.134. The molecule has 4 nitrogen and oxygen atoms in total. The molecule has 0 aromatic heterocycles. The Labute approximate surface area is 121 Å². The van der Waals surface area contributed by atoms with Crippen molar-refractivity contribution >= 4 is 17.5 Å². The third-order valence-corrected chi connectivity index (χ3v) is 4.21. The van der Waals surface area contributed by atoms with Crippen molar-refractivity contribution in [3.05, 3.63) is 0 Å². The molecule has 1 aliphatic heterocycles. The highest BCUT2D eigenvalue weighted by Crippen LogP contribution is 2.27. The van der Waals surface area contributed by atoms with Gasteiger partial charge in [0.05, 0.1) is 5.60 Å². The zero-order chi connectivity index (χ0) is 14.7. The molecule has 19 heavy (non-hydrogen) atoms. The number of amides is 1. The summed E-state index contributed by atoms with van der Waals surface area (Å²) in [5.41, 5.74) is -0.628. The lowest BCUT2D eigenvalue weighted by Gasteiger charge is -2.45. The molecule has 1 amide bonds. The molecule has 0 spiro atoms. The van der Waals surface area contributed by atoms with E-state index in [2.05, 4.69) is 25.7 Å². The van der Waals surface area contributed by atoms with E-state index in [-0.39, 0.29) is 17.3 Å². The minimum Gasteiger partial charge on any atom is -0.388 e. The van der Waals surface area contributed by atoms with Crippen LogP contribution in [0, 0.1) is 0 Å². The number of aliphatic hydroxyl groups is 1. The summed E-state index contributed by atoms with van der Waals surface area (Å²) in [6, 6.07) is 0. The molecule has 1 rings (SSSR count). The number of carbonyl (C=O) groups is 1. The van der Waals surface area contributed by atoms with Gasteiger partial charge in [-0.05, 0) is 40.5 Å². The Morgan fingerprint density at radius 3 is 2.26 bits per heavy atom. The largest absolute Gasteiger partial charge is 0.388 e. The van der Waals surface area contributed by atoms with E-state index >= 15 is 0 Å². The number of likely N-dealkylation sites (N-methyl/N-ethyl adjacent to an activating group) is 1. The number of halogens is 1. The van der Waals surface area contributed by atoms with E-state index < -0.39 is 5.60 Å². The van der Waals surface area contributed by atoms with Gasteiger partial charge in [-0.15, -0.1) is 11.6 Å². The van der Waals surface area contributed by atoms with Gasteiger partial charge in [0, 0.05) is 31.7 Å². The minimum absolute atomic E-state index is 0.0158. The van der Waals surface area contributed by atoms with Crippen LogP contribution in [0.2, 0.25) is 0 Å². The fourth-order valence-electron chi connectivity index (χ4n) is 2.57. The first kappa shape index (κ1) is 16.7. The molecule has 0 radical (unpaired) electrons. The molecule has 0 atom stereocenters. The Kier molecular flexibility index (Phi) is 5.65. The van der Waals surface area contributed by atoms with Crippen LogP contribution in [0.5, 0.6) is 0 Å². The van der Waals surface area contributed by atoms with Crippen molar-refractivity contribution in [1.29, 1.82) is 0 Å². The maximum atomic E-state index is 11.7. The van der Waals surface area contributed by atoms with E-state index in [1.807, 2.05) is 6.92 Å². The number of piperidine rings is 1. The van der Waals surface area contributed by atoms with E-state index in [0.717, 1.165) is 13.1 Å². The second-order valence-electron chi connectivity index (χ2n) is 6.42. The quantitative estimate of drug-likeness (QED) is 0.802. The van der Waals surface area contributed by atoms with E-state index in [4.69, 9.17) is 11.6 Å². The summed E-state index contributed by atoms with van der Waals surface area (Å²) in [5.74, 6) is -0.117. The van der Waals surface area contributed by atoms with Gasteiger partial charge in [-0.1, -0.05) is 0 Å². The molecular formula is C14H27ClN2O2. The molecule has 5 heteroatoms. The predicted molar refractivity (Wildman–Crippen MR) is 78.5 cm³/mol. The average molecular weight is 291 g/mol. The number of alkyl halides is 1. The SMILES string of the molecule is CCN(CC1(O)CCN(C(C)(C)C)CC1)C(=O)CCl. The molecular weight excluding hydrogens is 264 g/mol. The zero-order valence-corrected chi connectivity index (χ0v) is 13.3. The first-order valence-electron chi connectivity index (χ1n) is 7.03. The molecule has 0 aromatic rings. The fourth-order valence-corrected chi connectivity index (χ4v) is 2.74. The summed E-state index contributed by atoms with van der Waals surface area (Å²) in [6.07, 6.45) is 1.41. The van der Waals surface area contributed by atoms with Crippen LogP contribution in [-0.2, 0) is 4.79 Å². The summed E-state index contributed by atoms with van der Waals surface area (Å²) in [6.45, 7) is 11.2. The number of nitrogens with zero attached hydrogens (tertiary/aromatic N) is 2. The number of hydrogen-bond donors (Lipinski definition) is 1. The van der Waals surface area contributed by atoms with Crippen molar-refractivity contribution in [2.24, 2.45) is 0 Å². The number of hydrogen-bond acceptors (Lipinski definition) is 3. The van der Waals surface area contributed by atoms with Crippen LogP contribution >= 0.6 is 11.6 Å². The van der Waals surface area contributed by atoms with Crippen LogP contribution in [0.15, 0.2) is 0 Å². The molecule has 0 aromatic carbocycles. The van der Waals surface area contributed by atoms with E-state index in [1.165, 1.54) is 0 Å². The Bertz CT molecular complexity index is 307. The van der Waals surface area contributed by atoms with Crippen molar-refractivity contribution in [3.8, 4) is 0 Å². The smallest absolute Gasteiger partial charge is 0.237 e. The molecule has 1 aliphatic rings. The highest BCUT2D eigenvalue weighted by molar-refractivity contribution is 6.27. The van der Waals surface area contributed by atoms with Gasteiger partial charge in [-0.3, -0.25) is 9.69 Å². The van der Waals surface area contributed by atoms with Crippen LogP contribution in [-0.4, -0.2) is 64.0 Å². The number of likely N-dealkylation sites (tertiary alicyclic amines) is 1. The zero-order valence-electron chi connectivity index (χ0n) is 12.6. The third-order valence-electron chi connectivity index (χ3n) is 3.98. The van der Waals surface area contributed by atoms with Crippen molar-refractivity contribution in [1.82, 2.24) is 9.80 Å². The van der Waals surface area contributed by atoms with E-state index in [1.54, 1.807) is 4.90 Å². The molecule has 112 valence electrons. The fraction of sp³-hybridized carbons (Fsp3) is 0.929. The standard InChI is InChI=1S/C14H27ClN2O2/c1-5-16(12(18)10-15)11-14(19)6-8-17(9-7-14)13(2,3)4/h19H,5-11H2,1-4H3. The van der Waals surface area contributed by atoms with Crippen LogP contribution in [0.25, 0.3) is 0 Å². The number of carbonyl (C=O) groups excluding carboxylic acids is 1. The molecule has 0 unspecified atom stereocenters. The maximum Gasteiger partial charge on any atom is 0.237 e. The summed E-state index contributed by atoms with van der Waals surface area (Å²) in [5, 5.41) is 10.6. The van der Waals surface area contributed by atoms with Gasteiger partial charge in [0.1, 0.15) is 5.88 Å². The lowest BCUT2D eigenvalue weighted by atomic mass is 9.88. The van der Waals surface area contributed by atoms with Crippen LogP contribution in [0.3, 0.4) is 0 Å². The summed E-state index contributed by atoms with van der Waals surface area (Å²) < 4.78 is 0. The third kappa shape index (κ3) is 4.62.